The van der Waals surface area contributed by atoms with Crippen molar-refractivity contribution >= 4 is 0 Å². The number of nitrogens with one attached hydrogen (secondary N) is 1. The second kappa shape index (κ2) is 10.3. The molecule has 0 saturated heterocycles. The molecule has 2 aliphatic rings. The van der Waals surface area contributed by atoms with Crippen molar-refractivity contribution < 1.29 is 9.36 Å². The summed E-state index contributed by atoms with van der Waals surface area (Å²) in [4.78, 5) is 22.5. The van der Waals surface area contributed by atoms with Crippen molar-refractivity contribution in [3.8, 4) is 0 Å². The predicted octanol–water partition coefficient (Wildman–Crippen LogP) is 4.47. The number of nitrogens with zero attached hydrogens (tertiary/aromatic N) is 2. The molecule has 7 heteroatoms. The zero-order chi connectivity index (χ0) is 25.3. The van der Waals surface area contributed by atoms with Crippen molar-refractivity contribution in [3.05, 3.63) is 86.2 Å². The first-order valence-electron chi connectivity index (χ1n) is 13.3. The Bertz CT molecular complexity index is 1270. The largest absolute Gasteiger partial charge is 0.459 e. The molecule has 192 valence electrons. The Hall–Kier alpha value is -2.74. The van der Waals surface area contributed by atoms with Gasteiger partial charge in [0.05, 0.1) is 18.6 Å². The molecule has 2 aliphatic carbocycles. The normalized spacial score (nSPS) is 21.0. The highest BCUT2D eigenvalue weighted by atomic mass is 16.6. The molecule has 36 heavy (non-hydrogen) atoms. The van der Waals surface area contributed by atoms with Gasteiger partial charge in [0.15, 0.2) is 5.82 Å². The Kier molecular flexibility index (Phi) is 7.15. The molecule has 3 N–H and O–H groups in total. The standard InChI is InChI=1S/C29H38N4O3/c1-19-9-13-25-22(15-19)11-12-23-16-21(18-31-35-3)10-14-26(23)29(25,17-20(2)30)27-32-28(34)36-33(27)24-7-5-4-6-8-24/h9-10,13-16,20,24,31H,4-8,11-12,17-18,30H2,1-3H3/t20-,29?/m1/s1. The van der Waals surface area contributed by atoms with E-state index in [4.69, 9.17) is 15.1 Å². The lowest BCUT2D eigenvalue weighted by Gasteiger charge is -2.38. The fourth-order valence-electron chi connectivity index (χ4n) is 6.46. The second-order valence-corrected chi connectivity index (χ2v) is 10.7. The van der Waals surface area contributed by atoms with Gasteiger partial charge in [-0.25, -0.2) is 4.79 Å². The molecular formula is C29H38N4O3. The Labute approximate surface area is 213 Å². The maximum Gasteiger partial charge on any atom is 0.459 e. The van der Waals surface area contributed by atoms with Crippen LogP contribution in [0.1, 0.15) is 90.7 Å². The summed E-state index contributed by atoms with van der Waals surface area (Å²) in [6.45, 7) is 4.79. The third-order valence-corrected chi connectivity index (χ3v) is 7.93. The van der Waals surface area contributed by atoms with E-state index in [1.165, 1.54) is 34.2 Å². The van der Waals surface area contributed by atoms with Crippen LogP contribution in [0, 0.1) is 6.92 Å². The fourth-order valence-corrected chi connectivity index (χ4v) is 6.46. The van der Waals surface area contributed by atoms with Gasteiger partial charge in [0.1, 0.15) is 0 Å². The van der Waals surface area contributed by atoms with Gasteiger partial charge in [0, 0.05) is 12.6 Å². The first-order valence-corrected chi connectivity index (χ1v) is 13.3. The number of nitrogens with two attached hydrogens (primary N) is 1. The van der Waals surface area contributed by atoms with Crippen molar-refractivity contribution in [1.82, 2.24) is 15.2 Å². The van der Waals surface area contributed by atoms with Crippen LogP contribution in [0.5, 0.6) is 0 Å². The lowest BCUT2D eigenvalue weighted by Crippen LogP contribution is -2.40. The van der Waals surface area contributed by atoms with E-state index in [1.807, 2.05) is 11.7 Å². The summed E-state index contributed by atoms with van der Waals surface area (Å²) in [5.41, 5.74) is 16.1. The molecule has 1 fully saturated rings. The fraction of sp³-hybridized carbons (Fsp3) is 0.517. The van der Waals surface area contributed by atoms with Crippen LogP contribution < -0.4 is 17.0 Å². The smallest absolute Gasteiger partial charge is 0.328 e. The summed E-state index contributed by atoms with van der Waals surface area (Å²) < 4.78 is 7.73. The first kappa shape index (κ1) is 24.9. The van der Waals surface area contributed by atoms with Crippen LogP contribution in [0.4, 0.5) is 0 Å². The lowest BCUT2D eigenvalue weighted by atomic mass is 9.67. The van der Waals surface area contributed by atoms with E-state index in [9.17, 15) is 4.79 Å². The number of fused-ring (bicyclic) bond motifs is 2. The van der Waals surface area contributed by atoms with Gasteiger partial charge < -0.3 is 15.1 Å². The van der Waals surface area contributed by atoms with Gasteiger partial charge in [0.25, 0.3) is 0 Å². The first-order chi connectivity index (χ1) is 17.4. The average molecular weight is 491 g/mol. The monoisotopic (exact) mass is 490 g/mol. The highest BCUT2D eigenvalue weighted by Gasteiger charge is 2.47. The third-order valence-electron chi connectivity index (χ3n) is 7.93. The Balaban J connectivity index is 1.80. The average Bonchev–Trinajstić information content (AvgIpc) is 3.22. The van der Waals surface area contributed by atoms with Gasteiger partial charge in [-0.3, -0.25) is 0 Å². The molecule has 0 aliphatic heterocycles. The summed E-state index contributed by atoms with van der Waals surface area (Å²) in [5, 5.41) is 0. The summed E-state index contributed by atoms with van der Waals surface area (Å²) >= 11 is 0. The van der Waals surface area contributed by atoms with Crippen molar-refractivity contribution in [2.75, 3.05) is 7.11 Å². The van der Waals surface area contributed by atoms with Gasteiger partial charge in [0.2, 0.25) is 0 Å². The summed E-state index contributed by atoms with van der Waals surface area (Å²) in [7, 11) is 1.63. The molecule has 1 aromatic heterocycles. The molecule has 5 rings (SSSR count). The van der Waals surface area contributed by atoms with Crippen LogP contribution in [-0.2, 0) is 29.6 Å². The summed E-state index contributed by atoms with van der Waals surface area (Å²) in [6, 6.07) is 13.3. The number of hydrogen-bond acceptors (Lipinski definition) is 6. The third kappa shape index (κ3) is 4.56. The van der Waals surface area contributed by atoms with E-state index in [0.29, 0.717) is 18.8 Å². The maximum atomic E-state index is 12.8. The van der Waals surface area contributed by atoms with E-state index in [1.54, 1.807) is 7.11 Å². The van der Waals surface area contributed by atoms with E-state index in [-0.39, 0.29) is 12.1 Å². The zero-order valence-corrected chi connectivity index (χ0v) is 21.7. The van der Waals surface area contributed by atoms with Crippen LogP contribution >= 0.6 is 0 Å². The molecule has 0 bridgehead atoms. The van der Waals surface area contributed by atoms with Crippen molar-refractivity contribution in [1.29, 1.82) is 0 Å². The molecule has 0 amide bonds. The van der Waals surface area contributed by atoms with Crippen LogP contribution in [-0.4, -0.2) is 22.9 Å². The van der Waals surface area contributed by atoms with Gasteiger partial charge in [-0.15, -0.1) is 0 Å². The van der Waals surface area contributed by atoms with E-state index in [0.717, 1.165) is 44.1 Å². The number of aromatic nitrogens is 2. The molecule has 2 aromatic carbocycles. The Morgan fingerprint density at radius 1 is 1.14 bits per heavy atom. The SMILES string of the molecule is CONCc1ccc2c(c1)CCc1cc(C)ccc1C2(C[C@@H](C)N)c1nc(=O)on1C1CCCCC1. The Morgan fingerprint density at radius 3 is 2.53 bits per heavy atom. The Morgan fingerprint density at radius 2 is 1.83 bits per heavy atom. The molecule has 2 atom stereocenters. The van der Waals surface area contributed by atoms with E-state index < -0.39 is 11.2 Å². The van der Waals surface area contributed by atoms with Crippen LogP contribution in [0.15, 0.2) is 45.7 Å². The van der Waals surface area contributed by atoms with Crippen LogP contribution in [0.2, 0.25) is 0 Å². The number of rotatable bonds is 7. The molecule has 7 nitrogen and oxygen atoms in total. The van der Waals surface area contributed by atoms with Crippen molar-refractivity contribution in [2.24, 2.45) is 5.73 Å². The van der Waals surface area contributed by atoms with Crippen molar-refractivity contribution in [2.45, 2.75) is 89.3 Å². The minimum atomic E-state index is -0.681. The highest BCUT2D eigenvalue weighted by molar-refractivity contribution is 5.56. The molecule has 1 unspecified atom stereocenters. The minimum absolute atomic E-state index is 0.119. The molecule has 1 heterocycles. The number of hydrogen-bond donors (Lipinski definition) is 2. The molecule has 0 spiro atoms. The summed E-state index contributed by atoms with van der Waals surface area (Å²) in [6.07, 6.45) is 7.92. The zero-order valence-electron chi connectivity index (χ0n) is 21.7. The van der Waals surface area contributed by atoms with E-state index in [2.05, 4.69) is 53.8 Å². The van der Waals surface area contributed by atoms with Crippen LogP contribution in [0.25, 0.3) is 0 Å². The van der Waals surface area contributed by atoms with E-state index >= 15 is 0 Å². The minimum Gasteiger partial charge on any atom is -0.328 e. The highest BCUT2D eigenvalue weighted by Crippen LogP contribution is 2.48. The maximum absolute atomic E-state index is 12.8. The topological polar surface area (TPSA) is 95.3 Å². The quantitative estimate of drug-likeness (QED) is 0.475. The molecule has 0 radical (unpaired) electrons. The van der Waals surface area contributed by atoms with Crippen LogP contribution in [0.3, 0.4) is 0 Å². The van der Waals surface area contributed by atoms with Gasteiger partial charge in [-0.2, -0.15) is 15.2 Å². The molecule has 3 aromatic rings. The van der Waals surface area contributed by atoms with Crippen molar-refractivity contribution in [3.63, 3.8) is 0 Å². The predicted molar refractivity (Wildman–Crippen MR) is 140 cm³/mol. The van der Waals surface area contributed by atoms with Gasteiger partial charge in [-0.05, 0) is 73.8 Å². The number of benzene rings is 2. The van der Waals surface area contributed by atoms with Gasteiger partial charge >= 0.3 is 5.76 Å². The summed E-state index contributed by atoms with van der Waals surface area (Å²) in [5.74, 6) is 0.174. The second-order valence-electron chi connectivity index (χ2n) is 10.7. The molecule has 1 saturated carbocycles. The van der Waals surface area contributed by atoms with Gasteiger partial charge in [-0.1, -0.05) is 61.2 Å². The number of hydroxylamine groups is 1. The number of aryl methyl sites for hydroxylation is 3. The molecular weight excluding hydrogens is 452 g/mol. The lowest BCUT2D eigenvalue weighted by molar-refractivity contribution is 0.0867.